The molecule has 92 valence electrons. The molecule has 0 amide bonds. The minimum absolute atomic E-state index is 0.224. The highest BCUT2D eigenvalue weighted by Crippen LogP contribution is 2.20. The van der Waals surface area contributed by atoms with Gasteiger partial charge in [-0.05, 0) is 31.5 Å². The first-order valence-electron chi connectivity index (χ1n) is 6.00. The van der Waals surface area contributed by atoms with E-state index in [4.69, 9.17) is 4.74 Å². The summed E-state index contributed by atoms with van der Waals surface area (Å²) in [6.07, 6.45) is 0.224. The molecule has 1 aromatic carbocycles. The molecule has 0 saturated carbocycles. The Labute approximate surface area is 102 Å². The van der Waals surface area contributed by atoms with Gasteiger partial charge in [-0.25, -0.2) is 0 Å². The molecular formula is C14H20N2O. The van der Waals surface area contributed by atoms with Gasteiger partial charge in [0.25, 0.3) is 0 Å². The molecule has 1 atom stereocenters. The van der Waals surface area contributed by atoms with Crippen molar-refractivity contribution in [2.45, 2.75) is 26.1 Å². The van der Waals surface area contributed by atoms with Gasteiger partial charge in [0.15, 0.2) is 0 Å². The van der Waals surface area contributed by atoms with Crippen LogP contribution >= 0.6 is 0 Å². The summed E-state index contributed by atoms with van der Waals surface area (Å²) in [5.41, 5.74) is 2.58. The summed E-state index contributed by atoms with van der Waals surface area (Å²) in [6, 6.07) is 10.7. The van der Waals surface area contributed by atoms with Gasteiger partial charge >= 0.3 is 0 Å². The van der Waals surface area contributed by atoms with E-state index in [2.05, 4.69) is 47.1 Å². The van der Waals surface area contributed by atoms with Crippen LogP contribution in [-0.4, -0.2) is 24.8 Å². The van der Waals surface area contributed by atoms with Crippen LogP contribution in [0.2, 0.25) is 0 Å². The van der Waals surface area contributed by atoms with Crippen LogP contribution in [0.15, 0.2) is 30.3 Å². The fourth-order valence-electron chi connectivity index (χ4n) is 2.14. The maximum Gasteiger partial charge on any atom is 0.0722 e. The third-order valence-electron chi connectivity index (χ3n) is 3.10. The molecule has 0 radical (unpaired) electrons. The predicted molar refractivity (Wildman–Crippen MR) is 71.2 cm³/mol. The van der Waals surface area contributed by atoms with Crippen molar-refractivity contribution in [1.29, 1.82) is 0 Å². The largest absolute Gasteiger partial charge is 0.380 e. The monoisotopic (exact) mass is 232 g/mol. The lowest BCUT2D eigenvalue weighted by Crippen LogP contribution is -2.18. The Hall–Kier alpha value is -1.32. The maximum atomic E-state index is 5.36. The average molecular weight is 232 g/mol. The van der Waals surface area contributed by atoms with Crippen molar-refractivity contribution in [3.05, 3.63) is 36.0 Å². The third-order valence-corrected chi connectivity index (χ3v) is 3.10. The van der Waals surface area contributed by atoms with Crippen molar-refractivity contribution in [1.82, 2.24) is 9.88 Å². The van der Waals surface area contributed by atoms with Crippen LogP contribution in [0.25, 0.3) is 10.9 Å². The summed E-state index contributed by atoms with van der Waals surface area (Å²) in [5.74, 6) is 0. The second-order valence-corrected chi connectivity index (χ2v) is 4.38. The Bertz CT molecular complexity index is 490. The fourth-order valence-corrected chi connectivity index (χ4v) is 2.14. The van der Waals surface area contributed by atoms with Crippen molar-refractivity contribution in [3.63, 3.8) is 0 Å². The van der Waals surface area contributed by atoms with Gasteiger partial charge in [0.2, 0.25) is 0 Å². The summed E-state index contributed by atoms with van der Waals surface area (Å²) in [6.45, 7) is 3.87. The van der Waals surface area contributed by atoms with Gasteiger partial charge in [-0.15, -0.1) is 0 Å². The van der Waals surface area contributed by atoms with Crippen LogP contribution < -0.4 is 5.32 Å². The molecule has 0 fully saturated rings. The zero-order chi connectivity index (χ0) is 12.3. The van der Waals surface area contributed by atoms with E-state index in [-0.39, 0.29) is 6.10 Å². The van der Waals surface area contributed by atoms with Crippen molar-refractivity contribution >= 4 is 10.9 Å². The number of benzene rings is 1. The van der Waals surface area contributed by atoms with Gasteiger partial charge in [-0.2, -0.15) is 0 Å². The smallest absolute Gasteiger partial charge is 0.0722 e. The molecule has 1 N–H and O–H groups in total. The molecule has 1 unspecified atom stereocenters. The molecule has 0 aliphatic carbocycles. The Balaban J connectivity index is 2.44. The van der Waals surface area contributed by atoms with Crippen LogP contribution in [0.3, 0.4) is 0 Å². The van der Waals surface area contributed by atoms with E-state index in [9.17, 15) is 0 Å². The first-order valence-corrected chi connectivity index (χ1v) is 6.00. The number of hydrogen-bond donors (Lipinski definition) is 1. The number of para-hydroxylation sites is 1. The van der Waals surface area contributed by atoms with Crippen molar-refractivity contribution in [3.8, 4) is 0 Å². The maximum absolute atomic E-state index is 5.36. The minimum atomic E-state index is 0.224. The molecule has 0 aliphatic rings. The van der Waals surface area contributed by atoms with Gasteiger partial charge in [-0.3, -0.25) is 0 Å². The van der Waals surface area contributed by atoms with Crippen LogP contribution in [0.4, 0.5) is 0 Å². The van der Waals surface area contributed by atoms with Gasteiger partial charge in [-0.1, -0.05) is 18.2 Å². The van der Waals surface area contributed by atoms with E-state index >= 15 is 0 Å². The molecule has 1 aromatic heterocycles. The Morgan fingerprint density at radius 2 is 2.12 bits per heavy atom. The van der Waals surface area contributed by atoms with Gasteiger partial charge in [0.05, 0.1) is 6.10 Å². The van der Waals surface area contributed by atoms with Gasteiger partial charge < -0.3 is 14.6 Å². The normalized spacial score (nSPS) is 13.1. The van der Waals surface area contributed by atoms with Crippen molar-refractivity contribution in [2.75, 3.05) is 14.2 Å². The first-order chi connectivity index (χ1) is 8.26. The molecule has 0 bridgehead atoms. The number of nitrogens with one attached hydrogen (secondary N) is 1. The van der Waals surface area contributed by atoms with E-state index < -0.39 is 0 Å². The molecule has 3 heteroatoms. The van der Waals surface area contributed by atoms with Crippen LogP contribution in [0.5, 0.6) is 0 Å². The molecular weight excluding hydrogens is 212 g/mol. The van der Waals surface area contributed by atoms with Crippen molar-refractivity contribution in [2.24, 2.45) is 0 Å². The summed E-state index contributed by atoms with van der Waals surface area (Å²) in [4.78, 5) is 0. The standard InChI is InChI=1S/C14H20N2O/c1-11(17-3)10-16-13(9-15-2)8-12-6-4-5-7-14(12)16/h4-8,11,15H,9-10H2,1-3H3. The van der Waals surface area contributed by atoms with Crippen LogP contribution in [0.1, 0.15) is 12.6 Å². The Morgan fingerprint density at radius 3 is 2.82 bits per heavy atom. The fraction of sp³-hybridized carbons (Fsp3) is 0.429. The molecule has 0 saturated heterocycles. The minimum Gasteiger partial charge on any atom is -0.380 e. The van der Waals surface area contributed by atoms with Gasteiger partial charge in [0.1, 0.15) is 0 Å². The molecule has 1 heterocycles. The molecule has 3 nitrogen and oxygen atoms in total. The van der Waals surface area contributed by atoms with Crippen molar-refractivity contribution < 1.29 is 4.74 Å². The number of aromatic nitrogens is 1. The summed E-state index contributed by atoms with van der Waals surface area (Å²) >= 11 is 0. The predicted octanol–water partition coefficient (Wildman–Crippen LogP) is 2.40. The Kier molecular flexibility index (Phi) is 3.82. The van der Waals surface area contributed by atoms with E-state index in [1.807, 2.05) is 7.05 Å². The van der Waals surface area contributed by atoms with Crippen LogP contribution in [-0.2, 0) is 17.8 Å². The quantitative estimate of drug-likeness (QED) is 0.856. The number of hydrogen-bond acceptors (Lipinski definition) is 2. The summed E-state index contributed by atoms with van der Waals surface area (Å²) in [5, 5.41) is 4.51. The highest BCUT2D eigenvalue weighted by Gasteiger charge is 2.10. The topological polar surface area (TPSA) is 26.2 Å². The average Bonchev–Trinajstić information content (AvgIpc) is 2.68. The van der Waals surface area contributed by atoms with E-state index in [1.165, 1.54) is 16.6 Å². The lowest BCUT2D eigenvalue weighted by molar-refractivity contribution is 0.103. The Morgan fingerprint density at radius 1 is 1.35 bits per heavy atom. The molecule has 0 aliphatic heterocycles. The third kappa shape index (κ3) is 2.51. The number of nitrogens with zero attached hydrogens (tertiary/aromatic N) is 1. The highest BCUT2D eigenvalue weighted by molar-refractivity contribution is 5.81. The number of fused-ring (bicyclic) bond motifs is 1. The highest BCUT2D eigenvalue weighted by atomic mass is 16.5. The number of methoxy groups -OCH3 is 1. The zero-order valence-corrected chi connectivity index (χ0v) is 10.7. The van der Waals surface area contributed by atoms with E-state index in [1.54, 1.807) is 7.11 Å². The van der Waals surface area contributed by atoms with E-state index in [0.717, 1.165) is 13.1 Å². The lowest BCUT2D eigenvalue weighted by atomic mass is 10.2. The summed E-state index contributed by atoms with van der Waals surface area (Å²) < 4.78 is 7.70. The first kappa shape index (κ1) is 12.1. The van der Waals surface area contributed by atoms with Gasteiger partial charge in [0, 0.05) is 31.4 Å². The zero-order valence-electron chi connectivity index (χ0n) is 10.7. The molecule has 2 rings (SSSR count). The molecule has 0 spiro atoms. The molecule has 2 aromatic rings. The van der Waals surface area contributed by atoms with Crippen LogP contribution in [0, 0.1) is 0 Å². The lowest BCUT2D eigenvalue weighted by Gasteiger charge is -2.15. The van der Waals surface area contributed by atoms with E-state index in [0.29, 0.717) is 0 Å². The second-order valence-electron chi connectivity index (χ2n) is 4.38. The SMILES string of the molecule is CNCc1cc2ccccc2n1CC(C)OC. The molecule has 17 heavy (non-hydrogen) atoms. The number of ether oxygens (including phenoxy) is 1. The number of rotatable bonds is 5. The summed E-state index contributed by atoms with van der Waals surface area (Å²) in [7, 11) is 3.73. The second kappa shape index (κ2) is 5.34.